The Bertz CT molecular complexity index is 1290. The molecule has 0 N–H and O–H groups in total. The minimum absolute atomic E-state index is 0.156. The summed E-state index contributed by atoms with van der Waals surface area (Å²) in [6.07, 6.45) is 0. The molecule has 1 heterocycles. The smallest absolute Gasteiger partial charge is 0.139 e. The van der Waals surface area contributed by atoms with Gasteiger partial charge in [0, 0.05) is 27.8 Å². The second-order valence-electron chi connectivity index (χ2n) is 7.86. The van der Waals surface area contributed by atoms with Gasteiger partial charge in [0.25, 0.3) is 0 Å². The van der Waals surface area contributed by atoms with Crippen LogP contribution in [0.25, 0.3) is 21.5 Å². The number of ether oxygens (including phenoxy) is 1. The Kier molecular flexibility index (Phi) is 3.51. The second kappa shape index (κ2) is 6.22. The van der Waals surface area contributed by atoms with Crippen LogP contribution >= 0.6 is 0 Å². The summed E-state index contributed by atoms with van der Waals surface area (Å²) in [4.78, 5) is 0. The third kappa shape index (κ3) is 2.48. The van der Waals surface area contributed by atoms with E-state index in [-0.39, 0.29) is 5.92 Å². The van der Waals surface area contributed by atoms with Crippen LogP contribution in [0.15, 0.2) is 97.1 Å². The van der Waals surface area contributed by atoms with E-state index in [1.54, 1.807) is 0 Å². The zero-order valence-corrected chi connectivity index (χ0v) is 16.2. The van der Waals surface area contributed by atoms with Crippen LogP contribution in [0.4, 0.5) is 0 Å². The maximum Gasteiger partial charge on any atom is 0.139 e. The SMILES string of the molecule is Cc1ccc(C2c3ccc4ccccc4c3Oc3c2ccc2ccccc32)cc1. The van der Waals surface area contributed by atoms with Gasteiger partial charge in [-0.1, -0.05) is 103 Å². The van der Waals surface area contributed by atoms with Gasteiger partial charge in [-0.25, -0.2) is 0 Å². The fourth-order valence-corrected chi connectivity index (χ4v) is 4.59. The van der Waals surface area contributed by atoms with Crippen LogP contribution in [0.1, 0.15) is 28.2 Å². The van der Waals surface area contributed by atoms with E-state index in [0.717, 1.165) is 11.5 Å². The quantitative estimate of drug-likeness (QED) is 0.289. The summed E-state index contributed by atoms with van der Waals surface area (Å²) in [5.41, 5.74) is 5.04. The van der Waals surface area contributed by atoms with E-state index in [0.29, 0.717) is 0 Å². The lowest BCUT2D eigenvalue weighted by atomic mass is 9.80. The number of benzene rings is 5. The lowest BCUT2D eigenvalue weighted by molar-refractivity contribution is 0.464. The topological polar surface area (TPSA) is 9.23 Å². The molecule has 1 heteroatoms. The standard InChI is InChI=1S/C28H20O/c1-18-10-12-21(13-11-18)26-24-16-14-19-6-2-4-8-22(19)27(24)29-28-23-9-5-3-7-20(23)15-17-25(26)28/h2-17,26H,1H3. The summed E-state index contributed by atoms with van der Waals surface area (Å²) < 4.78 is 6.68. The highest BCUT2D eigenvalue weighted by Crippen LogP contribution is 2.51. The van der Waals surface area contributed by atoms with Gasteiger partial charge in [-0.05, 0) is 23.3 Å². The molecule has 0 spiro atoms. The van der Waals surface area contributed by atoms with Gasteiger partial charge in [0.15, 0.2) is 0 Å². The zero-order valence-electron chi connectivity index (χ0n) is 16.2. The van der Waals surface area contributed by atoms with Crippen LogP contribution in [0.3, 0.4) is 0 Å². The molecular weight excluding hydrogens is 352 g/mol. The van der Waals surface area contributed by atoms with E-state index in [2.05, 4.69) is 104 Å². The van der Waals surface area contributed by atoms with E-state index in [4.69, 9.17) is 4.74 Å². The average molecular weight is 372 g/mol. The lowest BCUT2D eigenvalue weighted by Gasteiger charge is -2.30. The Hall–Kier alpha value is -3.58. The van der Waals surface area contributed by atoms with E-state index < -0.39 is 0 Å². The first-order chi connectivity index (χ1) is 14.3. The van der Waals surface area contributed by atoms with E-state index >= 15 is 0 Å². The van der Waals surface area contributed by atoms with Crippen molar-refractivity contribution in [2.24, 2.45) is 0 Å². The first-order valence-electron chi connectivity index (χ1n) is 10.1. The molecule has 1 aliphatic heterocycles. The number of hydrogen-bond donors (Lipinski definition) is 0. The van der Waals surface area contributed by atoms with Gasteiger partial charge in [0.05, 0.1) is 0 Å². The molecule has 0 atom stereocenters. The molecule has 0 saturated heterocycles. The third-order valence-corrected chi connectivity index (χ3v) is 6.06. The molecule has 5 aromatic carbocycles. The van der Waals surface area contributed by atoms with Crippen molar-refractivity contribution in [3.8, 4) is 11.5 Å². The molecule has 0 amide bonds. The first-order valence-corrected chi connectivity index (χ1v) is 10.1. The maximum atomic E-state index is 6.68. The highest BCUT2D eigenvalue weighted by Gasteiger charge is 2.31. The molecule has 0 aliphatic carbocycles. The Labute approximate surface area is 170 Å². The molecule has 1 aliphatic rings. The Morgan fingerprint density at radius 3 is 1.62 bits per heavy atom. The fourth-order valence-electron chi connectivity index (χ4n) is 4.59. The van der Waals surface area contributed by atoms with E-state index in [1.807, 2.05) is 0 Å². The van der Waals surface area contributed by atoms with Crippen LogP contribution in [0.2, 0.25) is 0 Å². The summed E-state index contributed by atoms with van der Waals surface area (Å²) in [7, 11) is 0. The predicted octanol–water partition coefficient (Wildman–Crippen LogP) is 7.59. The molecule has 0 radical (unpaired) electrons. The van der Waals surface area contributed by atoms with Crippen molar-refractivity contribution in [1.82, 2.24) is 0 Å². The van der Waals surface area contributed by atoms with Crippen molar-refractivity contribution in [1.29, 1.82) is 0 Å². The number of fused-ring (bicyclic) bond motifs is 6. The van der Waals surface area contributed by atoms with Crippen molar-refractivity contribution in [2.75, 3.05) is 0 Å². The van der Waals surface area contributed by atoms with Crippen molar-refractivity contribution in [3.63, 3.8) is 0 Å². The molecule has 0 aromatic heterocycles. The van der Waals surface area contributed by atoms with E-state index in [9.17, 15) is 0 Å². The minimum Gasteiger partial charge on any atom is -0.455 e. The van der Waals surface area contributed by atoms with Crippen molar-refractivity contribution < 1.29 is 4.74 Å². The highest BCUT2D eigenvalue weighted by molar-refractivity contribution is 5.95. The number of aryl methyl sites for hydroxylation is 1. The summed E-state index contributed by atoms with van der Waals surface area (Å²) in [5, 5.41) is 4.75. The summed E-state index contributed by atoms with van der Waals surface area (Å²) >= 11 is 0. The monoisotopic (exact) mass is 372 g/mol. The maximum absolute atomic E-state index is 6.68. The van der Waals surface area contributed by atoms with Crippen molar-refractivity contribution >= 4 is 21.5 Å². The van der Waals surface area contributed by atoms with Gasteiger partial charge in [-0.2, -0.15) is 0 Å². The molecule has 0 fully saturated rings. The third-order valence-electron chi connectivity index (χ3n) is 6.06. The Morgan fingerprint density at radius 1 is 0.552 bits per heavy atom. The largest absolute Gasteiger partial charge is 0.455 e. The molecule has 5 aromatic rings. The second-order valence-corrected chi connectivity index (χ2v) is 7.86. The van der Waals surface area contributed by atoms with Crippen LogP contribution in [0.5, 0.6) is 11.5 Å². The molecule has 138 valence electrons. The average Bonchev–Trinajstić information content (AvgIpc) is 2.78. The van der Waals surface area contributed by atoms with Gasteiger partial charge in [-0.3, -0.25) is 0 Å². The molecule has 29 heavy (non-hydrogen) atoms. The summed E-state index contributed by atoms with van der Waals surface area (Å²) in [6, 6.07) is 34.8. The Balaban J connectivity index is 1.71. The minimum atomic E-state index is 0.156. The fraction of sp³-hybridized carbons (Fsp3) is 0.0714. The van der Waals surface area contributed by atoms with Gasteiger partial charge in [0.1, 0.15) is 11.5 Å². The zero-order chi connectivity index (χ0) is 19.4. The highest BCUT2D eigenvalue weighted by atomic mass is 16.5. The molecule has 1 nitrogen and oxygen atoms in total. The molecule has 0 saturated carbocycles. The number of rotatable bonds is 1. The van der Waals surface area contributed by atoms with Gasteiger partial charge < -0.3 is 4.74 Å². The molecule has 0 unspecified atom stereocenters. The first kappa shape index (κ1) is 16.4. The summed E-state index contributed by atoms with van der Waals surface area (Å²) in [6.45, 7) is 2.14. The number of hydrogen-bond acceptors (Lipinski definition) is 1. The molecule has 6 rings (SSSR count). The summed E-state index contributed by atoms with van der Waals surface area (Å²) in [5.74, 6) is 2.12. The van der Waals surface area contributed by atoms with Gasteiger partial charge >= 0.3 is 0 Å². The normalized spacial score (nSPS) is 13.1. The molecular formula is C28H20O. The molecule has 0 bridgehead atoms. The van der Waals surface area contributed by atoms with E-state index in [1.165, 1.54) is 43.8 Å². The van der Waals surface area contributed by atoms with Crippen LogP contribution in [-0.2, 0) is 0 Å². The van der Waals surface area contributed by atoms with Gasteiger partial charge in [0.2, 0.25) is 0 Å². The predicted molar refractivity (Wildman–Crippen MR) is 120 cm³/mol. The Morgan fingerprint density at radius 2 is 1.07 bits per heavy atom. The van der Waals surface area contributed by atoms with Crippen molar-refractivity contribution in [2.45, 2.75) is 12.8 Å². The lowest BCUT2D eigenvalue weighted by Crippen LogP contribution is -2.12. The van der Waals surface area contributed by atoms with Crippen LogP contribution < -0.4 is 4.74 Å². The van der Waals surface area contributed by atoms with Crippen molar-refractivity contribution in [3.05, 3.63) is 119 Å². The van der Waals surface area contributed by atoms with Crippen LogP contribution in [0, 0.1) is 6.92 Å². The van der Waals surface area contributed by atoms with Gasteiger partial charge in [-0.15, -0.1) is 0 Å². The van der Waals surface area contributed by atoms with Crippen LogP contribution in [-0.4, -0.2) is 0 Å².